The van der Waals surface area contributed by atoms with Crippen LogP contribution in [0.1, 0.15) is 145 Å². The summed E-state index contributed by atoms with van der Waals surface area (Å²) in [4.78, 5) is 137. The lowest BCUT2D eigenvalue weighted by Gasteiger charge is -2.34. The highest BCUT2D eigenvalue weighted by molar-refractivity contribution is 5.90. The molecular weight excluding hydrogens is 1250 g/mol. The second-order valence-corrected chi connectivity index (χ2v) is 24.2. The largest absolute Gasteiger partial charge is 0.494 e. The predicted octanol–water partition coefficient (Wildman–Crippen LogP) is 6.05. The Morgan fingerprint density at radius 2 is 0.649 bits per heavy atom. The molecule has 0 spiro atoms. The average Bonchev–Trinajstić information content (AvgIpc) is 0.939. The summed E-state index contributed by atoms with van der Waals surface area (Å²) in [5.41, 5.74) is 0.581. The third kappa shape index (κ3) is 41.1. The minimum absolute atomic E-state index is 0.0280. The fraction of sp³-hybridized carbons (Fsp3) is 0.586. The second kappa shape index (κ2) is 48.9. The molecule has 2 atom stereocenters. The van der Waals surface area contributed by atoms with Crippen molar-refractivity contribution >= 4 is 81.9 Å². The molecule has 27 heteroatoms. The summed E-state index contributed by atoms with van der Waals surface area (Å²) in [7, 11) is 0. The monoisotopic (exact) mass is 1360 g/mol. The van der Waals surface area contributed by atoms with Gasteiger partial charge in [-0.1, -0.05) is 27.7 Å². The fourth-order valence-corrected chi connectivity index (χ4v) is 9.62. The quantitative estimate of drug-likeness (QED) is 0.0288. The number of hydrogen-bond donors (Lipinski definition) is 10. The molecular formula is C70H106N10O17. The highest BCUT2D eigenvalue weighted by Gasteiger charge is 2.34. The summed E-state index contributed by atoms with van der Waals surface area (Å²) in [5, 5.41) is 28.1. The van der Waals surface area contributed by atoms with Crippen LogP contribution in [-0.2, 0) is 67.0 Å². The Morgan fingerprint density at radius 1 is 0.361 bits per heavy atom. The lowest BCUT2D eigenvalue weighted by Crippen LogP contribution is -2.58. The molecule has 0 aliphatic heterocycles. The van der Waals surface area contributed by atoms with Gasteiger partial charge in [-0.2, -0.15) is 0 Å². The molecule has 0 fully saturated rings. The van der Waals surface area contributed by atoms with E-state index in [1.54, 1.807) is 72.8 Å². The molecule has 10 amide bonds. The van der Waals surface area contributed by atoms with Gasteiger partial charge in [-0.25, -0.2) is 0 Å². The molecule has 538 valence electrons. The molecule has 97 heavy (non-hydrogen) atoms. The van der Waals surface area contributed by atoms with Crippen LogP contribution in [0, 0.1) is 17.8 Å². The number of ether oxygens (including phenoxy) is 6. The van der Waals surface area contributed by atoms with Gasteiger partial charge in [-0.05, 0) is 130 Å². The van der Waals surface area contributed by atoms with E-state index < -0.39 is 5.54 Å². The minimum Gasteiger partial charge on any atom is -0.494 e. The molecule has 3 aromatic carbocycles. The van der Waals surface area contributed by atoms with E-state index in [2.05, 4.69) is 53.2 Å². The third-order valence-corrected chi connectivity index (χ3v) is 14.6. The van der Waals surface area contributed by atoms with Crippen molar-refractivity contribution in [3.8, 4) is 17.2 Å². The first-order chi connectivity index (χ1) is 46.5. The van der Waals surface area contributed by atoms with Crippen LogP contribution in [0.4, 0.5) is 17.1 Å². The molecule has 0 bridgehead atoms. The standard InChI is InChI=1S/C70H106N10O17/c1-50(2)69(91)52(4)46-51(3)17-30-68(90)80-70(47-92-43-31-65(87)74-37-11-34-71-62(84)14-8-40-95-59-24-18-56(19-25-59)77-53(5)81,48-93-44-32-66(88)75-38-12-35-72-63(85)15-9-41-96-60-26-20-57(21-27-60)78-54(6)82)49-94-45-33-67(89)76-39-13-36-73-64(86)16-10-42-97-61-28-22-58(23-29-61)79-55(7)83/h18-29,50-52H,8-17,30-49H2,1-7H3,(H,71,84)(H,72,85)(H,73,86)(H,74,87)(H,75,88)(H,76,89)(H,77,81)(H,78,82)(H,79,83)(H,80,90). The smallest absolute Gasteiger partial charge is 0.222 e. The first-order valence-electron chi connectivity index (χ1n) is 33.7. The number of nitrogens with one attached hydrogen (secondary N) is 10. The molecule has 0 radical (unpaired) electrons. The number of amides is 10. The molecule has 0 heterocycles. The van der Waals surface area contributed by atoms with Crippen molar-refractivity contribution in [2.24, 2.45) is 17.8 Å². The van der Waals surface area contributed by atoms with E-state index in [1.165, 1.54) is 20.8 Å². The molecule has 0 saturated carbocycles. The van der Waals surface area contributed by atoms with Crippen molar-refractivity contribution in [2.75, 3.05) is 115 Å². The zero-order valence-electron chi connectivity index (χ0n) is 57.8. The maximum absolute atomic E-state index is 14.0. The van der Waals surface area contributed by atoms with Crippen molar-refractivity contribution in [1.29, 1.82) is 0 Å². The first kappa shape index (κ1) is 82.5. The van der Waals surface area contributed by atoms with Crippen molar-refractivity contribution in [1.82, 2.24) is 37.2 Å². The fourth-order valence-electron chi connectivity index (χ4n) is 9.62. The number of hydrogen-bond acceptors (Lipinski definition) is 17. The zero-order chi connectivity index (χ0) is 71.1. The van der Waals surface area contributed by atoms with Gasteiger partial charge in [0.25, 0.3) is 0 Å². The maximum atomic E-state index is 14.0. The topological polar surface area (TPSA) is 363 Å². The van der Waals surface area contributed by atoms with Crippen LogP contribution >= 0.6 is 0 Å². The lowest BCUT2D eigenvalue weighted by atomic mass is 9.87. The molecule has 0 saturated heterocycles. The molecule has 0 aliphatic rings. The van der Waals surface area contributed by atoms with E-state index in [0.29, 0.717) is 125 Å². The van der Waals surface area contributed by atoms with E-state index in [-0.39, 0.29) is 187 Å². The van der Waals surface area contributed by atoms with Crippen LogP contribution in [0.25, 0.3) is 0 Å². The molecule has 27 nitrogen and oxygen atoms in total. The summed E-state index contributed by atoms with van der Waals surface area (Å²) in [5.74, 6) is -0.590. The number of rotatable bonds is 53. The van der Waals surface area contributed by atoms with Crippen LogP contribution in [0.2, 0.25) is 0 Å². The number of ketones is 1. The minimum atomic E-state index is -1.37. The van der Waals surface area contributed by atoms with E-state index in [1.807, 2.05) is 27.7 Å². The second-order valence-electron chi connectivity index (χ2n) is 24.2. The predicted molar refractivity (Wildman–Crippen MR) is 368 cm³/mol. The lowest BCUT2D eigenvalue weighted by molar-refractivity contribution is -0.131. The number of anilines is 3. The maximum Gasteiger partial charge on any atom is 0.222 e. The first-order valence-corrected chi connectivity index (χ1v) is 33.7. The van der Waals surface area contributed by atoms with Gasteiger partial charge in [0.05, 0.1) is 59.5 Å². The van der Waals surface area contributed by atoms with Crippen molar-refractivity contribution < 1.29 is 81.2 Å². The van der Waals surface area contributed by atoms with Crippen molar-refractivity contribution in [2.45, 2.75) is 150 Å². The van der Waals surface area contributed by atoms with Gasteiger partial charge in [-0.15, -0.1) is 0 Å². The van der Waals surface area contributed by atoms with Crippen LogP contribution in [0.15, 0.2) is 72.8 Å². The van der Waals surface area contributed by atoms with E-state index >= 15 is 0 Å². The Morgan fingerprint density at radius 3 is 0.928 bits per heavy atom. The molecule has 3 rings (SSSR count). The number of benzene rings is 3. The normalized spacial score (nSPS) is 11.6. The van der Waals surface area contributed by atoms with Gasteiger partial charge < -0.3 is 81.6 Å². The number of carbonyl (C=O) groups is 11. The van der Waals surface area contributed by atoms with Crippen molar-refractivity contribution in [3.63, 3.8) is 0 Å². The SMILES string of the molecule is CC(=O)Nc1ccc(OCCCC(=O)NCCCNC(=O)CCOCC(COCCC(=O)NCCCNC(=O)CCCOc2ccc(NC(C)=O)cc2)(COCCC(=O)NCCCNC(=O)CCCOc2ccc(NC(C)=O)cc2)NC(=O)CCC(C)CC(C)C(=O)C(C)C)cc1. The van der Waals surface area contributed by atoms with Crippen LogP contribution in [0.3, 0.4) is 0 Å². The zero-order valence-corrected chi connectivity index (χ0v) is 57.8. The molecule has 2 unspecified atom stereocenters. The van der Waals surface area contributed by atoms with Crippen molar-refractivity contribution in [3.05, 3.63) is 72.8 Å². The third-order valence-electron chi connectivity index (χ3n) is 14.6. The highest BCUT2D eigenvalue weighted by Crippen LogP contribution is 2.22. The average molecular weight is 1360 g/mol. The van der Waals surface area contributed by atoms with E-state index in [4.69, 9.17) is 28.4 Å². The van der Waals surface area contributed by atoms with Gasteiger partial charge in [0.2, 0.25) is 59.1 Å². The Kier molecular flexibility index (Phi) is 41.6. The highest BCUT2D eigenvalue weighted by atomic mass is 16.5. The summed E-state index contributed by atoms with van der Waals surface area (Å²) in [6, 6.07) is 20.7. The number of Topliss-reactive ketones (excluding diaryl/α,β-unsaturated/α-hetero) is 1. The van der Waals surface area contributed by atoms with E-state index in [0.717, 1.165) is 0 Å². The molecule has 3 aromatic rings. The Labute approximate surface area is 570 Å². The summed E-state index contributed by atoms with van der Waals surface area (Å²) >= 11 is 0. The van der Waals surface area contributed by atoms with Crippen LogP contribution < -0.4 is 67.4 Å². The Bertz CT molecular complexity index is 2610. The summed E-state index contributed by atoms with van der Waals surface area (Å²) in [6.07, 6.45) is 4.59. The van der Waals surface area contributed by atoms with Crippen LogP contribution in [-0.4, -0.2) is 169 Å². The van der Waals surface area contributed by atoms with Gasteiger partial charge in [0.15, 0.2) is 0 Å². The van der Waals surface area contributed by atoms with E-state index in [9.17, 15) is 52.7 Å². The summed E-state index contributed by atoms with van der Waals surface area (Å²) in [6.45, 7) is 13.9. The Balaban J connectivity index is 1.53. The molecule has 0 aliphatic carbocycles. The van der Waals surface area contributed by atoms with Gasteiger partial charge in [0, 0.05) is 134 Å². The summed E-state index contributed by atoms with van der Waals surface area (Å²) < 4.78 is 35.4. The van der Waals surface area contributed by atoms with Gasteiger partial charge in [-0.3, -0.25) is 52.7 Å². The van der Waals surface area contributed by atoms with Crippen LogP contribution in [0.5, 0.6) is 17.2 Å². The van der Waals surface area contributed by atoms with Gasteiger partial charge >= 0.3 is 0 Å². The molecule has 0 aromatic heterocycles. The Hall–Kier alpha value is -8.69. The van der Waals surface area contributed by atoms with Gasteiger partial charge in [0.1, 0.15) is 28.6 Å². The molecule has 10 N–H and O–H groups in total. The number of carbonyl (C=O) groups excluding carboxylic acids is 11.